The molecule has 0 atom stereocenters. The molecule has 144 valence electrons. The predicted molar refractivity (Wildman–Crippen MR) is 111 cm³/mol. The highest BCUT2D eigenvalue weighted by molar-refractivity contribution is 7.94. The molecule has 3 rings (SSSR count). The van der Waals surface area contributed by atoms with Gasteiger partial charge in [-0.1, -0.05) is 59.4 Å². The first-order valence-electron chi connectivity index (χ1n) is 8.29. The first-order chi connectivity index (χ1) is 13.4. The zero-order chi connectivity index (χ0) is 20.1. The van der Waals surface area contributed by atoms with Crippen LogP contribution in [0.2, 0.25) is 0 Å². The van der Waals surface area contributed by atoms with E-state index in [2.05, 4.69) is 15.5 Å². The molecule has 0 aliphatic heterocycles. The molecule has 0 radical (unpaired) electrons. The van der Waals surface area contributed by atoms with E-state index in [-0.39, 0.29) is 9.47 Å². The van der Waals surface area contributed by atoms with Gasteiger partial charge in [-0.25, -0.2) is 0 Å². The van der Waals surface area contributed by atoms with Gasteiger partial charge in [-0.2, -0.15) is 8.42 Å². The number of hydrogen-bond acceptors (Lipinski definition) is 6. The van der Waals surface area contributed by atoms with Crippen molar-refractivity contribution in [1.29, 1.82) is 0 Å². The summed E-state index contributed by atoms with van der Waals surface area (Å²) >= 11 is 0.798. The summed E-state index contributed by atoms with van der Waals surface area (Å²) in [6.45, 7) is 1.92. The van der Waals surface area contributed by atoms with Crippen molar-refractivity contribution >= 4 is 44.2 Å². The Morgan fingerprint density at radius 3 is 2.43 bits per heavy atom. The zero-order valence-corrected chi connectivity index (χ0v) is 16.9. The van der Waals surface area contributed by atoms with Crippen LogP contribution in [-0.4, -0.2) is 31.6 Å². The maximum absolute atomic E-state index is 12.7. The molecule has 0 saturated heterocycles. The summed E-state index contributed by atoms with van der Waals surface area (Å²) in [5, 5.41) is 10.1. The molecule has 0 aliphatic carbocycles. The van der Waals surface area contributed by atoms with Crippen molar-refractivity contribution in [2.75, 3.05) is 16.7 Å². The summed E-state index contributed by atoms with van der Waals surface area (Å²) in [6, 6.07) is 16.4. The molecule has 1 heterocycles. The van der Waals surface area contributed by atoms with E-state index in [0.29, 0.717) is 5.69 Å². The highest BCUT2D eigenvalue weighted by Crippen LogP contribution is 2.26. The van der Waals surface area contributed by atoms with Crippen LogP contribution in [-0.2, 0) is 14.8 Å². The van der Waals surface area contributed by atoms with E-state index in [1.807, 2.05) is 49.4 Å². The quantitative estimate of drug-likeness (QED) is 0.493. The molecule has 0 unspecified atom stereocenters. The Balaban J connectivity index is 1.71. The second-order valence-electron chi connectivity index (χ2n) is 5.91. The summed E-state index contributed by atoms with van der Waals surface area (Å²) in [4.78, 5) is 12.0. The molecule has 28 heavy (non-hydrogen) atoms. The van der Waals surface area contributed by atoms with Crippen molar-refractivity contribution < 1.29 is 13.2 Å². The number of rotatable bonds is 6. The number of nitrogens with one attached hydrogen (secondary N) is 1. The van der Waals surface area contributed by atoms with Crippen LogP contribution in [0.15, 0.2) is 65.0 Å². The minimum atomic E-state index is -3.87. The van der Waals surface area contributed by atoms with E-state index in [4.69, 9.17) is 0 Å². The monoisotopic (exact) mass is 414 g/mol. The van der Waals surface area contributed by atoms with Gasteiger partial charge in [0.2, 0.25) is 11.0 Å². The van der Waals surface area contributed by atoms with Crippen molar-refractivity contribution in [3.63, 3.8) is 0 Å². The smallest absolute Gasteiger partial charge is 0.293 e. The van der Waals surface area contributed by atoms with Gasteiger partial charge >= 0.3 is 0 Å². The lowest BCUT2D eigenvalue weighted by Crippen LogP contribution is -2.26. The molecule has 0 bridgehead atoms. The van der Waals surface area contributed by atoms with Crippen LogP contribution in [0.25, 0.3) is 6.08 Å². The molecule has 2 aromatic carbocycles. The van der Waals surface area contributed by atoms with Crippen LogP contribution < -0.4 is 9.62 Å². The van der Waals surface area contributed by atoms with Crippen LogP contribution in [0.4, 0.5) is 10.8 Å². The highest BCUT2D eigenvalue weighted by Gasteiger charge is 2.26. The number of sulfonamides is 1. The average molecular weight is 415 g/mol. The fraction of sp³-hybridized carbons (Fsp3) is 0.105. The number of anilines is 2. The maximum atomic E-state index is 12.7. The van der Waals surface area contributed by atoms with Crippen LogP contribution in [0, 0.1) is 6.92 Å². The van der Waals surface area contributed by atoms with E-state index in [0.717, 1.165) is 26.8 Å². The summed E-state index contributed by atoms with van der Waals surface area (Å²) in [6.07, 6.45) is 3.00. The number of benzene rings is 2. The van der Waals surface area contributed by atoms with E-state index in [1.165, 1.54) is 13.1 Å². The van der Waals surface area contributed by atoms with Crippen LogP contribution in [0.5, 0.6) is 0 Å². The normalized spacial score (nSPS) is 11.5. The number of carbonyl (C=O) groups excluding carboxylic acids is 1. The van der Waals surface area contributed by atoms with Crippen LogP contribution >= 0.6 is 11.3 Å². The molecule has 1 N–H and O–H groups in total. The average Bonchev–Trinajstić information content (AvgIpc) is 3.16. The molecule has 3 aromatic rings. The van der Waals surface area contributed by atoms with E-state index in [9.17, 15) is 13.2 Å². The van der Waals surface area contributed by atoms with Gasteiger partial charge in [-0.05, 0) is 30.7 Å². The zero-order valence-electron chi connectivity index (χ0n) is 15.2. The second-order valence-corrected chi connectivity index (χ2v) is 9.03. The summed E-state index contributed by atoms with van der Waals surface area (Å²) < 4.78 is 26.4. The first-order valence-corrected chi connectivity index (χ1v) is 10.5. The van der Waals surface area contributed by atoms with Crippen molar-refractivity contribution in [3.05, 3.63) is 71.8 Å². The SMILES string of the molecule is Cc1ccc(N(C)S(=O)(=O)c2nnc(NC(=O)C=Cc3ccccc3)s2)cc1. The molecule has 0 fully saturated rings. The van der Waals surface area contributed by atoms with Crippen molar-refractivity contribution in [1.82, 2.24) is 10.2 Å². The van der Waals surface area contributed by atoms with Gasteiger partial charge < -0.3 is 0 Å². The highest BCUT2D eigenvalue weighted by atomic mass is 32.2. The standard InChI is InChI=1S/C19H18N4O3S2/c1-14-8-11-16(12-9-14)23(2)28(25,26)19-22-21-18(27-19)20-17(24)13-10-15-6-4-3-5-7-15/h3-13H,1-2H3,(H,20,21,24). The molecule has 1 aromatic heterocycles. The van der Waals surface area contributed by atoms with Gasteiger partial charge in [0.1, 0.15) is 0 Å². The van der Waals surface area contributed by atoms with E-state index < -0.39 is 15.9 Å². The summed E-state index contributed by atoms with van der Waals surface area (Å²) in [5.41, 5.74) is 2.41. The number of carbonyl (C=O) groups is 1. The molecule has 0 saturated carbocycles. The second kappa shape index (κ2) is 8.32. The molecule has 7 nitrogen and oxygen atoms in total. The van der Waals surface area contributed by atoms with Crippen molar-refractivity contribution in [2.24, 2.45) is 0 Å². The van der Waals surface area contributed by atoms with Crippen LogP contribution in [0.1, 0.15) is 11.1 Å². The Morgan fingerprint density at radius 2 is 1.75 bits per heavy atom. The molecular formula is C19H18N4O3S2. The fourth-order valence-corrected chi connectivity index (χ4v) is 4.51. The van der Waals surface area contributed by atoms with Crippen molar-refractivity contribution in [3.8, 4) is 0 Å². The molecule has 0 aliphatic rings. The minimum Gasteiger partial charge on any atom is -0.297 e. The van der Waals surface area contributed by atoms with Gasteiger partial charge in [-0.15, -0.1) is 10.2 Å². The number of nitrogens with zero attached hydrogens (tertiary/aromatic N) is 3. The van der Waals surface area contributed by atoms with E-state index in [1.54, 1.807) is 18.2 Å². The molecule has 0 spiro atoms. The van der Waals surface area contributed by atoms with Crippen molar-refractivity contribution in [2.45, 2.75) is 11.3 Å². The Labute approximate surface area is 167 Å². The Kier molecular flexibility index (Phi) is 5.86. The first kappa shape index (κ1) is 19.7. The minimum absolute atomic E-state index is 0.110. The third-order valence-electron chi connectivity index (χ3n) is 3.84. The molecule has 1 amide bonds. The lowest BCUT2D eigenvalue weighted by Gasteiger charge is -2.17. The molecular weight excluding hydrogens is 396 g/mol. The van der Waals surface area contributed by atoms with Crippen LogP contribution in [0.3, 0.4) is 0 Å². The van der Waals surface area contributed by atoms with Gasteiger partial charge in [0, 0.05) is 13.1 Å². The third-order valence-corrected chi connectivity index (χ3v) is 6.81. The van der Waals surface area contributed by atoms with Gasteiger partial charge in [0.05, 0.1) is 5.69 Å². The number of amides is 1. The lowest BCUT2D eigenvalue weighted by atomic mass is 10.2. The Bertz CT molecular complexity index is 1090. The lowest BCUT2D eigenvalue weighted by molar-refractivity contribution is -0.111. The number of aryl methyl sites for hydroxylation is 1. The van der Waals surface area contributed by atoms with E-state index >= 15 is 0 Å². The summed E-state index contributed by atoms with van der Waals surface area (Å²) in [5.74, 6) is -0.421. The molecule has 9 heteroatoms. The fourth-order valence-electron chi connectivity index (χ4n) is 2.26. The number of aromatic nitrogens is 2. The number of hydrogen-bond donors (Lipinski definition) is 1. The van der Waals surface area contributed by atoms with Gasteiger partial charge in [-0.3, -0.25) is 14.4 Å². The maximum Gasteiger partial charge on any atom is 0.293 e. The summed E-state index contributed by atoms with van der Waals surface area (Å²) in [7, 11) is -2.42. The third kappa shape index (κ3) is 4.62. The predicted octanol–water partition coefficient (Wildman–Crippen LogP) is 3.32. The topological polar surface area (TPSA) is 92.3 Å². The van der Waals surface area contributed by atoms with Gasteiger partial charge in [0.15, 0.2) is 0 Å². The Morgan fingerprint density at radius 1 is 1.07 bits per heavy atom. The largest absolute Gasteiger partial charge is 0.297 e. The van der Waals surface area contributed by atoms with Gasteiger partial charge in [0.25, 0.3) is 14.4 Å². The Hall–Kier alpha value is -3.04.